The fourth-order valence-corrected chi connectivity index (χ4v) is 9.24. The second kappa shape index (κ2) is 49.8. The summed E-state index contributed by atoms with van der Waals surface area (Å²) >= 11 is 0. The number of carbonyl (C=O) groups is 2. The van der Waals surface area contributed by atoms with Gasteiger partial charge in [-0.15, -0.1) is 0 Å². The third-order valence-electron chi connectivity index (χ3n) is 13.1. The minimum absolute atomic E-state index is 0.0227. The van der Waals surface area contributed by atoms with Gasteiger partial charge < -0.3 is 28.5 Å². The highest BCUT2D eigenvalue weighted by molar-refractivity contribution is 7.45. The fraction of sp³-hybridized carbons (Fsp3) is 0.864. The lowest BCUT2D eigenvalue weighted by Gasteiger charge is -2.30. The summed E-state index contributed by atoms with van der Waals surface area (Å²) in [5.74, 6) is -0.544. The number of carbonyl (C=O) groups excluding carboxylic acids is 2. The van der Waals surface area contributed by atoms with E-state index in [-0.39, 0.29) is 31.5 Å². The first-order valence-electron chi connectivity index (χ1n) is 29.3. The van der Waals surface area contributed by atoms with E-state index in [0.29, 0.717) is 17.4 Å². The number of rotatable bonds is 53. The SMILES string of the molecule is CCCCC/C=C/C=C/CCCCCCCCC(=O)NC(COP(=O)([O-])OCC[N+](C)(C)C)C(/C=C/CCCCCCCCCCCCC)OC(=O)CCCCCCCCCCCCCCCCC. The van der Waals surface area contributed by atoms with Crippen molar-refractivity contribution >= 4 is 19.7 Å². The Balaban J connectivity index is 5.36. The number of hydrogen-bond donors (Lipinski definition) is 1. The number of ether oxygens (including phenoxy) is 1. The maximum Gasteiger partial charge on any atom is 0.306 e. The zero-order valence-corrected chi connectivity index (χ0v) is 47.2. The van der Waals surface area contributed by atoms with E-state index < -0.39 is 20.0 Å². The molecule has 0 aliphatic carbocycles. The molecular formula is C59H113N2O7P. The van der Waals surface area contributed by atoms with Crippen molar-refractivity contribution in [2.75, 3.05) is 40.9 Å². The van der Waals surface area contributed by atoms with Gasteiger partial charge in [-0.25, -0.2) is 0 Å². The summed E-state index contributed by atoms with van der Waals surface area (Å²) < 4.78 is 30.3. The van der Waals surface area contributed by atoms with Gasteiger partial charge in [-0.1, -0.05) is 244 Å². The molecule has 0 rings (SSSR count). The van der Waals surface area contributed by atoms with Crippen LogP contribution in [-0.4, -0.2) is 69.4 Å². The Hall–Kier alpha value is -1.77. The van der Waals surface area contributed by atoms with E-state index in [9.17, 15) is 19.0 Å². The van der Waals surface area contributed by atoms with Gasteiger partial charge in [-0.2, -0.15) is 0 Å². The van der Waals surface area contributed by atoms with Crippen LogP contribution in [0.5, 0.6) is 0 Å². The molecule has 10 heteroatoms. The molecule has 1 N–H and O–H groups in total. The number of esters is 1. The lowest BCUT2D eigenvalue weighted by atomic mass is 10.0. The number of phosphoric ester groups is 1. The van der Waals surface area contributed by atoms with Crippen LogP contribution in [0.1, 0.15) is 278 Å². The molecule has 0 radical (unpaired) electrons. The number of phosphoric acid groups is 1. The normalized spacial score (nSPS) is 14.0. The summed E-state index contributed by atoms with van der Waals surface area (Å²) in [5.41, 5.74) is 0. The largest absolute Gasteiger partial charge is 0.756 e. The molecule has 0 aliphatic heterocycles. The van der Waals surface area contributed by atoms with E-state index in [2.05, 4.69) is 50.4 Å². The maximum absolute atomic E-state index is 13.5. The Labute approximate surface area is 427 Å². The molecule has 0 fully saturated rings. The van der Waals surface area contributed by atoms with Gasteiger partial charge in [0.2, 0.25) is 5.91 Å². The van der Waals surface area contributed by atoms with Crippen molar-refractivity contribution in [3.05, 3.63) is 36.5 Å². The number of amides is 1. The van der Waals surface area contributed by atoms with Crippen LogP contribution in [0.15, 0.2) is 36.5 Å². The van der Waals surface area contributed by atoms with E-state index in [4.69, 9.17) is 13.8 Å². The zero-order valence-electron chi connectivity index (χ0n) is 46.3. The lowest BCUT2D eigenvalue weighted by Crippen LogP contribution is -2.47. The molecule has 406 valence electrons. The second-order valence-corrected chi connectivity index (χ2v) is 22.6. The predicted molar refractivity (Wildman–Crippen MR) is 293 cm³/mol. The minimum atomic E-state index is -4.69. The van der Waals surface area contributed by atoms with Crippen LogP contribution in [0.3, 0.4) is 0 Å². The smallest absolute Gasteiger partial charge is 0.306 e. The Kier molecular flexibility index (Phi) is 48.5. The van der Waals surface area contributed by atoms with Crippen molar-refractivity contribution in [2.45, 2.75) is 290 Å². The van der Waals surface area contributed by atoms with Crippen LogP contribution >= 0.6 is 7.82 Å². The topological polar surface area (TPSA) is 114 Å². The van der Waals surface area contributed by atoms with Gasteiger partial charge in [-0.3, -0.25) is 14.2 Å². The minimum Gasteiger partial charge on any atom is -0.756 e. The maximum atomic E-state index is 13.5. The number of quaternary nitrogens is 1. The van der Waals surface area contributed by atoms with Gasteiger partial charge in [-0.05, 0) is 57.4 Å². The summed E-state index contributed by atoms with van der Waals surface area (Å²) in [6.45, 7) is 6.82. The summed E-state index contributed by atoms with van der Waals surface area (Å²) in [4.78, 5) is 39.9. The summed E-state index contributed by atoms with van der Waals surface area (Å²) in [6.07, 6.45) is 58.1. The van der Waals surface area contributed by atoms with E-state index >= 15 is 0 Å². The van der Waals surface area contributed by atoms with Gasteiger partial charge >= 0.3 is 5.97 Å². The Morgan fingerprint density at radius 2 is 0.870 bits per heavy atom. The molecule has 0 heterocycles. The fourth-order valence-electron chi connectivity index (χ4n) is 8.51. The Morgan fingerprint density at radius 1 is 0.507 bits per heavy atom. The second-order valence-electron chi connectivity index (χ2n) is 21.2. The highest BCUT2D eigenvalue weighted by atomic mass is 31.2. The van der Waals surface area contributed by atoms with E-state index in [0.717, 1.165) is 83.5 Å². The van der Waals surface area contributed by atoms with Crippen LogP contribution in [0.25, 0.3) is 0 Å². The monoisotopic (exact) mass is 993 g/mol. The first kappa shape index (κ1) is 67.2. The molecule has 1 amide bonds. The lowest BCUT2D eigenvalue weighted by molar-refractivity contribution is -0.870. The molecule has 9 nitrogen and oxygen atoms in total. The molecule has 0 saturated heterocycles. The van der Waals surface area contributed by atoms with Crippen LogP contribution in [0.4, 0.5) is 0 Å². The number of hydrogen-bond acceptors (Lipinski definition) is 7. The van der Waals surface area contributed by atoms with Gasteiger partial charge in [0.1, 0.15) is 19.3 Å². The molecule has 0 aromatic carbocycles. The third-order valence-corrected chi connectivity index (χ3v) is 14.1. The van der Waals surface area contributed by atoms with E-state index in [1.807, 2.05) is 33.3 Å². The average molecular weight is 994 g/mol. The molecule has 0 saturated carbocycles. The van der Waals surface area contributed by atoms with E-state index in [1.165, 1.54) is 161 Å². The van der Waals surface area contributed by atoms with Gasteiger partial charge in [0, 0.05) is 12.8 Å². The molecule has 0 spiro atoms. The standard InChI is InChI=1S/C59H113N2O7P/c1-7-10-13-16-19-22-25-28-30-33-36-39-42-45-48-51-58(62)60-56(55-67-69(64,65)66-54-53-61(4,5)6)57(50-47-44-41-38-35-32-27-24-21-18-15-12-9-3)68-59(63)52-49-46-43-40-37-34-31-29-26-23-20-17-14-11-8-2/h19,22,25,28,47,50,56-57H,7-18,20-21,23-24,26-27,29-46,48-49,51-55H2,1-6H3,(H-,60,62,64,65)/b22-19+,28-25+,50-47+. The van der Waals surface area contributed by atoms with E-state index in [1.54, 1.807) is 0 Å². The van der Waals surface area contributed by atoms with Crippen LogP contribution < -0.4 is 10.2 Å². The van der Waals surface area contributed by atoms with Crippen molar-refractivity contribution in [3.63, 3.8) is 0 Å². The average Bonchev–Trinajstić information content (AvgIpc) is 3.31. The molecule has 0 bridgehead atoms. The van der Waals surface area contributed by atoms with Crippen molar-refractivity contribution in [1.82, 2.24) is 5.32 Å². The number of unbranched alkanes of at least 4 members (excludes halogenated alkanes) is 34. The quantitative estimate of drug-likeness (QED) is 0.0161. The zero-order chi connectivity index (χ0) is 50.8. The van der Waals surface area contributed by atoms with Gasteiger partial charge in [0.05, 0.1) is 33.8 Å². The van der Waals surface area contributed by atoms with Gasteiger partial charge in [0.15, 0.2) is 0 Å². The van der Waals surface area contributed by atoms with Crippen molar-refractivity contribution in [3.8, 4) is 0 Å². The van der Waals surface area contributed by atoms with Crippen molar-refractivity contribution < 1.29 is 37.3 Å². The molecule has 3 unspecified atom stereocenters. The first-order chi connectivity index (χ1) is 33.4. The number of nitrogens with one attached hydrogen (secondary N) is 1. The molecule has 0 aromatic heterocycles. The van der Waals surface area contributed by atoms with Crippen LogP contribution in [-0.2, 0) is 27.9 Å². The molecule has 69 heavy (non-hydrogen) atoms. The number of nitrogens with zero attached hydrogens (tertiary/aromatic N) is 1. The Morgan fingerprint density at radius 3 is 1.30 bits per heavy atom. The predicted octanol–water partition coefficient (Wildman–Crippen LogP) is 16.9. The summed E-state index contributed by atoms with van der Waals surface area (Å²) in [5, 5.41) is 3.02. The number of allylic oxidation sites excluding steroid dienone is 5. The molecule has 0 aromatic rings. The number of likely N-dealkylation sites (N-methyl/N-ethyl adjacent to an activating group) is 1. The van der Waals surface area contributed by atoms with Gasteiger partial charge in [0.25, 0.3) is 7.82 Å². The highest BCUT2D eigenvalue weighted by Crippen LogP contribution is 2.38. The third kappa shape index (κ3) is 51.0. The molecule has 0 aliphatic rings. The first-order valence-corrected chi connectivity index (χ1v) is 30.8. The molecule has 3 atom stereocenters. The highest BCUT2D eigenvalue weighted by Gasteiger charge is 2.27. The summed E-state index contributed by atoms with van der Waals surface area (Å²) in [7, 11) is 1.18. The van der Waals surface area contributed by atoms with Crippen molar-refractivity contribution in [2.24, 2.45) is 0 Å². The summed E-state index contributed by atoms with van der Waals surface area (Å²) in [6, 6.07) is -0.889. The molecular weight excluding hydrogens is 880 g/mol. The Bertz CT molecular complexity index is 1280. The van der Waals surface area contributed by atoms with Crippen LogP contribution in [0, 0.1) is 0 Å². The van der Waals surface area contributed by atoms with Crippen molar-refractivity contribution in [1.29, 1.82) is 0 Å². The van der Waals surface area contributed by atoms with Crippen LogP contribution in [0.2, 0.25) is 0 Å².